The largest absolute Gasteiger partial charge is 0.394 e. The van der Waals surface area contributed by atoms with E-state index in [9.17, 15) is 5.11 Å². The van der Waals surface area contributed by atoms with E-state index >= 15 is 0 Å². The van der Waals surface area contributed by atoms with Crippen molar-refractivity contribution < 1.29 is 5.11 Å². The number of hydrogen-bond acceptors (Lipinski definition) is 5. The molecule has 0 bridgehead atoms. The molecule has 3 N–H and O–H groups in total. The molecule has 1 atom stereocenters. The molecule has 0 aliphatic heterocycles. The van der Waals surface area contributed by atoms with E-state index in [1.165, 1.54) is 0 Å². The van der Waals surface area contributed by atoms with Gasteiger partial charge < -0.3 is 15.7 Å². The van der Waals surface area contributed by atoms with Gasteiger partial charge in [-0.05, 0) is 36.8 Å². The van der Waals surface area contributed by atoms with Gasteiger partial charge in [0.05, 0.1) is 18.2 Å². The molecule has 0 amide bonds. The third-order valence-electron chi connectivity index (χ3n) is 3.74. The van der Waals surface area contributed by atoms with Crippen molar-refractivity contribution in [3.05, 3.63) is 53.6 Å². The molecule has 3 rings (SSSR count). The van der Waals surface area contributed by atoms with Crippen molar-refractivity contribution in [3.63, 3.8) is 0 Å². The molecule has 5 nitrogen and oxygen atoms in total. The first-order chi connectivity index (χ1) is 11.7. The fourth-order valence-corrected chi connectivity index (χ4v) is 2.60. The maximum Gasteiger partial charge on any atom is 0.229 e. The Morgan fingerprint density at radius 3 is 2.71 bits per heavy atom. The van der Waals surface area contributed by atoms with E-state index in [1.807, 2.05) is 55.5 Å². The predicted molar refractivity (Wildman–Crippen MR) is 99.1 cm³/mol. The highest BCUT2D eigenvalue weighted by molar-refractivity contribution is 6.30. The van der Waals surface area contributed by atoms with Crippen LogP contribution in [0.1, 0.15) is 13.3 Å². The molecule has 124 valence electrons. The van der Waals surface area contributed by atoms with E-state index in [1.54, 1.807) is 0 Å². The van der Waals surface area contributed by atoms with Crippen LogP contribution in [0, 0.1) is 0 Å². The molecule has 24 heavy (non-hydrogen) atoms. The molecule has 3 aromatic rings. The number of fused-ring (bicyclic) bond motifs is 1. The summed E-state index contributed by atoms with van der Waals surface area (Å²) in [6, 6.07) is 15.1. The van der Waals surface area contributed by atoms with Crippen LogP contribution in [0.15, 0.2) is 48.5 Å². The number of benzene rings is 2. The van der Waals surface area contributed by atoms with Gasteiger partial charge in [0.25, 0.3) is 0 Å². The Morgan fingerprint density at radius 1 is 1.12 bits per heavy atom. The van der Waals surface area contributed by atoms with Gasteiger partial charge >= 0.3 is 0 Å². The van der Waals surface area contributed by atoms with Crippen molar-refractivity contribution in [1.29, 1.82) is 0 Å². The van der Waals surface area contributed by atoms with Crippen molar-refractivity contribution in [2.75, 3.05) is 17.2 Å². The molecule has 0 fully saturated rings. The van der Waals surface area contributed by atoms with E-state index in [0.717, 1.165) is 23.0 Å². The van der Waals surface area contributed by atoms with Crippen molar-refractivity contribution >= 4 is 40.0 Å². The summed E-state index contributed by atoms with van der Waals surface area (Å²) in [5.41, 5.74) is 1.64. The summed E-state index contributed by atoms with van der Waals surface area (Å²) in [6.45, 7) is 2.06. The third kappa shape index (κ3) is 3.75. The van der Waals surface area contributed by atoms with E-state index < -0.39 is 0 Å². The first-order valence-corrected chi connectivity index (χ1v) is 8.24. The van der Waals surface area contributed by atoms with Crippen molar-refractivity contribution in [2.45, 2.75) is 19.4 Å². The van der Waals surface area contributed by atoms with E-state index in [4.69, 9.17) is 11.6 Å². The second kappa shape index (κ2) is 7.47. The number of para-hydroxylation sites is 1. The van der Waals surface area contributed by atoms with E-state index in [2.05, 4.69) is 20.6 Å². The molecule has 6 heteroatoms. The van der Waals surface area contributed by atoms with Crippen LogP contribution >= 0.6 is 11.6 Å². The average Bonchev–Trinajstić information content (AvgIpc) is 2.59. The van der Waals surface area contributed by atoms with Crippen molar-refractivity contribution in [2.24, 2.45) is 0 Å². The molecule has 2 aromatic carbocycles. The number of anilines is 3. The fourth-order valence-electron chi connectivity index (χ4n) is 2.41. The number of aromatic nitrogens is 2. The quantitative estimate of drug-likeness (QED) is 0.626. The lowest BCUT2D eigenvalue weighted by Crippen LogP contribution is -2.23. The molecule has 0 radical (unpaired) electrons. The highest BCUT2D eigenvalue weighted by Crippen LogP contribution is 2.25. The van der Waals surface area contributed by atoms with Gasteiger partial charge in [-0.2, -0.15) is 4.98 Å². The van der Waals surface area contributed by atoms with Crippen LogP contribution < -0.4 is 10.6 Å². The number of nitrogens with one attached hydrogen (secondary N) is 2. The molecule has 0 aliphatic carbocycles. The van der Waals surface area contributed by atoms with Crippen molar-refractivity contribution in [3.8, 4) is 0 Å². The molecule has 0 aliphatic rings. The Kier molecular flexibility index (Phi) is 5.13. The highest BCUT2D eigenvalue weighted by Gasteiger charge is 2.11. The average molecular weight is 343 g/mol. The van der Waals surface area contributed by atoms with Crippen molar-refractivity contribution in [1.82, 2.24) is 9.97 Å². The van der Waals surface area contributed by atoms with Gasteiger partial charge in [0, 0.05) is 16.1 Å². The van der Waals surface area contributed by atoms with Crippen LogP contribution in [-0.4, -0.2) is 27.7 Å². The van der Waals surface area contributed by atoms with Crippen LogP contribution in [-0.2, 0) is 0 Å². The predicted octanol–water partition coefficient (Wildman–Crippen LogP) is 4.21. The molecule has 1 aromatic heterocycles. The smallest absolute Gasteiger partial charge is 0.229 e. The summed E-state index contributed by atoms with van der Waals surface area (Å²) in [5, 5.41) is 17.5. The summed E-state index contributed by atoms with van der Waals surface area (Å²) >= 11 is 6.02. The maximum atomic E-state index is 9.46. The number of hydrogen-bond donors (Lipinski definition) is 3. The Balaban J connectivity index is 1.99. The highest BCUT2D eigenvalue weighted by atomic mass is 35.5. The fraction of sp³-hybridized carbons (Fsp3) is 0.222. The first kappa shape index (κ1) is 16.5. The minimum absolute atomic E-state index is 0.0475. The number of halogens is 1. The summed E-state index contributed by atoms with van der Waals surface area (Å²) in [6.07, 6.45) is 0.798. The second-order valence-electron chi connectivity index (χ2n) is 5.48. The summed E-state index contributed by atoms with van der Waals surface area (Å²) in [4.78, 5) is 9.13. The zero-order valence-corrected chi connectivity index (χ0v) is 14.1. The number of aliphatic hydroxyl groups excluding tert-OH is 1. The number of aliphatic hydroxyl groups is 1. The SMILES string of the molecule is CCC(CO)Nc1nc(Nc2cccc(Cl)c2)nc2ccccc12. The minimum atomic E-state index is -0.0534. The molecule has 0 saturated heterocycles. The number of rotatable bonds is 6. The van der Waals surface area contributed by atoms with E-state index in [-0.39, 0.29) is 12.6 Å². The monoisotopic (exact) mass is 342 g/mol. The zero-order chi connectivity index (χ0) is 16.9. The molecule has 1 heterocycles. The molecule has 0 saturated carbocycles. The van der Waals surface area contributed by atoms with Crippen LogP contribution in [0.25, 0.3) is 10.9 Å². The Labute approximate surface area is 145 Å². The van der Waals surface area contributed by atoms with Gasteiger partial charge in [-0.1, -0.05) is 36.7 Å². The molecular weight excluding hydrogens is 324 g/mol. The van der Waals surface area contributed by atoms with Gasteiger partial charge in [0.2, 0.25) is 5.95 Å². The Hall–Kier alpha value is -2.37. The standard InChI is InChI=1S/C18H19ClN4O/c1-2-13(11-24)20-17-15-8-3-4-9-16(15)22-18(23-17)21-14-7-5-6-12(19)10-14/h3-10,13,24H,2,11H2,1H3,(H2,20,21,22,23). The Morgan fingerprint density at radius 2 is 1.96 bits per heavy atom. The summed E-state index contributed by atoms with van der Waals surface area (Å²) in [7, 11) is 0. The lowest BCUT2D eigenvalue weighted by molar-refractivity contribution is 0.271. The topological polar surface area (TPSA) is 70.1 Å². The summed E-state index contributed by atoms with van der Waals surface area (Å²) in [5.74, 6) is 1.18. The van der Waals surface area contributed by atoms with Crippen LogP contribution in [0.2, 0.25) is 5.02 Å². The van der Waals surface area contributed by atoms with Gasteiger partial charge in [-0.15, -0.1) is 0 Å². The third-order valence-corrected chi connectivity index (χ3v) is 3.97. The lowest BCUT2D eigenvalue weighted by atomic mass is 10.2. The number of nitrogens with zero attached hydrogens (tertiary/aromatic N) is 2. The van der Waals surface area contributed by atoms with Crippen LogP contribution in [0.3, 0.4) is 0 Å². The normalized spacial score (nSPS) is 12.1. The first-order valence-electron chi connectivity index (χ1n) is 7.86. The minimum Gasteiger partial charge on any atom is -0.394 e. The molecular formula is C18H19ClN4O. The second-order valence-corrected chi connectivity index (χ2v) is 5.92. The molecule has 1 unspecified atom stereocenters. The zero-order valence-electron chi connectivity index (χ0n) is 13.3. The van der Waals surface area contributed by atoms with Crippen LogP contribution in [0.4, 0.5) is 17.5 Å². The van der Waals surface area contributed by atoms with Gasteiger partial charge in [0.15, 0.2) is 0 Å². The maximum absolute atomic E-state index is 9.46. The molecule has 0 spiro atoms. The van der Waals surface area contributed by atoms with Gasteiger partial charge in [-0.25, -0.2) is 4.98 Å². The van der Waals surface area contributed by atoms with E-state index in [0.29, 0.717) is 16.8 Å². The Bertz CT molecular complexity index is 836. The van der Waals surface area contributed by atoms with Crippen LogP contribution in [0.5, 0.6) is 0 Å². The van der Waals surface area contributed by atoms with Gasteiger partial charge in [0.1, 0.15) is 5.82 Å². The van der Waals surface area contributed by atoms with Gasteiger partial charge in [-0.3, -0.25) is 0 Å². The summed E-state index contributed by atoms with van der Waals surface area (Å²) < 4.78 is 0. The lowest BCUT2D eigenvalue weighted by Gasteiger charge is -2.17.